The molecule has 0 fully saturated rings. The fourth-order valence-electron chi connectivity index (χ4n) is 1.14. The number of hydrogen-bond acceptors (Lipinski definition) is 4. The predicted octanol–water partition coefficient (Wildman–Crippen LogP) is 3.02. The zero-order chi connectivity index (χ0) is 13.5. The molecule has 5 nitrogen and oxygen atoms in total. The third kappa shape index (κ3) is 4.21. The van der Waals surface area contributed by atoms with Crippen LogP contribution in [0.3, 0.4) is 0 Å². The molecule has 0 unspecified atom stereocenters. The van der Waals surface area contributed by atoms with Crippen molar-refractivity contribution in [2.24, 2.45) is 0 Å². The van der Waals surface area contributed by atoms with E-state index in [-0.39, 0.29) is 5.70 Å². The Balaban J connectivity index is 2.64. The van der Waals surface area contributed by atoms with E-state index in [1.54, 1.807) is 25.3 Å². The molecule has 0 saturated carbocycles. The van der Waals surface area contributed by atoms with Crippen molar-refractivity contribution in [3.05, 3.63) is 70.4 Å². The maximum Gasteiger partial charge on any atom is 0.265 e. The van der Waals surface area contributed by atoms with Crippen molar-refractivity contribution in [1.82, 2.24) is 4.98 Å². The molecule has 0 bridgehead atoms. The molecule has 0 radical (unpaired) electrons. The topological polar surface area (TPSA) is 65.3 Å². The SMILES string of the molecule is C=C(/C=C\C(=C/C)[N+](=O)[O-])Oc1ccc(C)nc1. The largest absolute Gasteiger partial charge is 0.456 e. The minimum Gasteiger partial charge on any atom is -0.456 e. The van der Waals surface area contributed by atoms with E-state index in [1.165, 1.54) is 18.2 Å². The van der Waals surface area contributed by atoms with Crippen molar-refractivity contribution >= 4 is 0 Å². The van der Waals surface area contributed by atoms with Gasteiger partial charge in [-0.2, -0.15) is 0 Å². The lowest BCUT2D eigenvalue weighted by atomic mass is 10.3. The van der Waals surface area contributed by atoms with Gasteiger partial charge in [0, 0.05) is 11.8 Å². The first-order chi connectivity index (χ1) is 8.52. The second kappa shape index (κ2) is 6.34. The van der Waals surface area contributed by atoms with Gasteiger partial charge in [0.05, 0.1) is 11.1 Å². The standard InChI is InChI=1S/C13H14N2O3/c1-4-12(15(16)17)7-6-11(3)18-13-8-5-10(2)14-9-13/h4-9H,3H2,1-2H3/b7-6-,12-4+. The van der Waals surface area contributed by atoms with E-state index in [4.69, 9.17) is 4.74 Å². The monoisotopic (exact) mass is 246 g/mol. The van der Waals surface area contributed by atoms with Crippen molar-refractivity contribution in [1.29, 1.82) is 0 Å². The summed E-state index contributed by atoms with van der Waals surface area (Å²) in [5, 5.41) is 10.5. The van der Waals surface area contributed by atoms with Crippen LogP contribution in [0.1, 0.15) is 12.6 Å². The average Bonchev–Trinajstić information content (AvgIpc) is 2.32. The van der Waals surface area contributed by atoms with Gasteiger partial charge in [-0.1, -0.05) is 6.58 Å². The van der Waals surface area contributed by atoms with Crippen LogP contribution in [0.15, 0.2) is 54.6 Å². The first-order valence-electron chi connectivity index (χ1n) is 5.31. The van der Waals surface area contributed by atoms with Crippen LogP contribution in [0.25, 0.3) is 0 Å². The van der Waals surface area contributed by atoms with Crippen LogP contribution in [0, 0.1) is 17.0 Å². The number of nitrogens with zero attached hydrogens (tertiary/aromatic N) is 2. The Labute approximate surface area is 105 Å². The van der Waals surface area contributed by atoms with E-state index in [0.29, 0.717) is 11.5 Å². The molecule has 1 heterocycles. The normalized spacial score (nSPS) is 11.6. The Hall–Kier alpha value is -2.43. The molecule has 0 aliphatic heterocycles. The molecule has 1 aromatic heterocycles. The number of aryl methyl sites for hydroxylation is 1. The molecule has 1 aromatic rings. The summed E-state index contributed by atoms with van der Waals surface area (Å²) in [6.45, 7) is 7.11. The fourth-order valence-corrected chi connectivity index (χ4v) is 1.14. The van der Waals surface area contributed by atoms with Crippen LogP contribution < -0.4 is 4.74 Å². The van der Waals surface area contributed by atoms with Crippen LogP contribution in [0.4, 0.5) is 0 Å². The highest BCUT2D eigenvalue weighted by molar-refractivity contribution is 5.25. The average molecular weight is 246 g/mol. The lowest BCUT2D eigenvalue weighted by Gasteiger charge is -2.04. The third-order valence-electron chi connectivity index (χ3n) is 2.08. The van der Waals surface area contributed by atoms with E-state index in [0.717, 1.165) is 5.69 Å². The highest BCUT2D eigenvalue weighted by Crippen LogP contribution is 2.13. The van der Waals surface area contributed by atoms with E-state index in [2.05, 4.69) is 11.6 Å². The van der Waals surface area contributed by atoms with Gasteiger partial charge in [0.1, 0.15) is 11.5 Å². The number of allylic oxidation sites excluding steroid dienone is 3. The number of hydrogen-bond donors (Lipinski definition) is 0. The summed E-state index contributed by atoms with van der Waals surface area (Å²) in [6.07, 6.45) is 5.75. The Morgan fingerprint density at radius 2 is 2.22 bits per heavy atom. The molecule has 5 heteroatoms. The number of pyridine rings is 1. The van der Waals surface area contributed by atoms with Crippen LogP contribution in [-0.4, -0.2) is 9.91 Å². The molecule has 0 aliphatic carbocycles. The van der Waals surface area contributed by atoms with Gasteiger partial charge >= 0.3 is 0 Å². The minimum absolute atomic E-state index is 0.0122. The maximum absolute atomic E-state index is 10.5. The molecule has 0 saturated heterocycles. The van der Waals surface area contributed by atoms with Gasteiger partial charge in [0.25, 0.3) is 5.70 Å². The van der Waals surface area contributed by atoms with Gasteiger partial charge in [-0.05, 0) is 38.1 Å². The van der Waals surface area contributed by atoms with E-state index in [9.17, 15) is 10.1 Å². The lowest BCUT2D eigenvalue weighted by molar-refractivity contribution is -0.419. The molecule has 18 heavy (non-hydrogen) atoms. The van der Waals surface area contributed by atoms with Crippen molar-refractivity contribution in [3.63, 3.8) is 0 Å². The smallest absolute Gasteiger partial charge is 0.265 e. The van der Waals surface area contributed by atoms with Gasteiger partial charge in [0.15, 0.2) is 0 Å². The second-order valence-electron chi connectivity index (χ2n) is 3.51. The first-order valence-corrected chi connectivity index (χ1v) is 5.31. The summed E-state index contributed by atoms with van der Waals surface area (Å²) >= 11 is 0. The van der Waals surface area contributed by atoms with E-state index >= 15 is 0 Å². The summed E-state index contributed by atoms with van der Waals surface area (Å²) < 4.78 is 5.35. The van der Waals surface area contributed by atoms with Crippen LogP contribution in [-0.2, 0) is 0 Å². The molecule has 0 atom stereocenters. The van der Waals surface area contributed by atoms with E-state index < -0.39 is 4.92 Å². The lowest BCUT2D eigenvalue weighted by Crippen LogP contribution is -1.96. The molecule has 0 aromatic carbocycles. The van der Waals surface area contributed by atoms with E-state index in [1.807, 2.05) is 6.92 Å². The van der Waals surface area contributed by atoms with Crippen LogP contribution >= 0.6 is 0 Å². The predicted molar refractivity (Wildman–Crippen MR) is 68.6 cm³/mol. The summed E-state index contributed by atoms with van der Waals surface area (Å²) in [4.78, 5) is 14.1. The van der Waals surface area contributed by atoms with Crippen LogP contribution in [0.5, 0.6) is 5.75 Å². The van der Waals surface area contributed by atoms with Gasteiger partial charge in [-0.3, -0.25) is 15.1 Å². The van der Waals surface area contributed by atoms with Gasteiger partial charge in [0.2, 0.25) is 0 Å². The molecule has 94 valence electrons. The molecule has 0 N–H and O–H groups in total. The zero-order valence-corrected chi connectivity index (χ0v) is 10.3. The molecule has 0 amide bonds. The Bertz CT molecular complexity index is 501. The summed E-state index contributed by atoms with van der Waals surface area (Å²) in [5.41, 5.74) is 0.870. The van der Waals surface area contributed by atoms with Crippen LogP contribution in [0.2, 0.25) is 0 Å². The van der Waals surface area contributed by atoms with Gasteiger partial charge in [-0.15, -0.1) is 0 Å². The Morgan fingerprint density at radius 3 is 2.72 bits per heavy atom. The number of rotatable bonds is 5. The number of nitro groups is 1. The third-order valence-corrected chi connectivity index (χ3v) is 2.08. The zero-order valence-electron chi connectivity index (χ0n) is 10.3. The second-order valence-corrected chi connectivity index (χ2v) is 3.51. The molecule has 0 aliphatic rings. The summed E-state index contributed by atoms with van der Waals surface area (Å²) in [6, 6.07) is 3.56. The van der Waals surface area contributed by atoms with Gasteiger partial charge < -0.3 is 4.74 Å². The fraction of sp³-hybridized carbons (Fsp3) is 0.154. The molecular weight excluding hydrogens is 232 g/mol. The molecule has 1 rings (SSSR count). The highest BCUT2D eigenvalue weighted by Gasteiger charge is 2.03. The first kappa shape index (κ1) is 13.6. The number of ether oxygens (including phenoxy) is 1. The Morgan fingerprint density at radius 1 is 1.50 bits per heavy atom. The Kier molecular flexibility index (Phi) is 4.80. The minimum atomic E-state index is -0.475. The molecular formula is C13H14N2O3. The van der Waals surface area contributed by atoms with Crippen molar-refractivity contribution in [3.8, 4) is 5.75 Å². The van der Waals surface area contributed by atoms with Crippen molar-refractivity contribution in [2.45, 2.75) is 13.8 Å². The maximum atomic E-state index is 10.5. The quantitative estimate of drug-likeness (QED) is 0.346. The highest BCUT2D eigenvalue weighted by atomic mass is 16.6. The number of aromatic nitrogens is 1. The summed E-state index contributed by atoms with van der Waals surface area (Å²) in [5.74, 6) is 0.847. The van der Waals surface area contributed by atoms with Crippen molar-refractivity contribution in [2.75, 3.05) is 0 Å². The molecule has 0 spiro atoms. The van der Waals surface area contributed by atoms with Gasteiger partial charge in [-0.25, -0.2) is 0 Å². The summed E-state index contributed by atoms with van der Waals surface area (Å²) in [7, 11) is 0. The van der Waals surface area contributed by atoms with Crippen molar-refractivity contribution < 1.29 is 9.66 Å².